The molecule has 0 aliphatic rings. The summed E-state index contributed by atoms with van der Waals surface area (Å²) in [6, 6.07) is 9.73. The fourth-order valence-corrected chi connectivity index (χ4v) is 3.49. The predicted octanol–water partition coefficient (Wildman–Crippen LogP) is 4.17. The van der Waals surface area contributed by atoms with Gasteiger partial charge in [-0.15, -0.1) is 23.2 Å². The van der Waals surface area contributed by atoms with Crippen molar-refractivity contribution in [1.29, 1.82) is 0 Å². The summed E-state index contributed by atoms with van der Waals surface area (Å²) in [5.74, 6) is 0.547. The van der Waals surface area contributed by atoms with Crippen LogP contribution in [0.25, 0.3) is 5.57 Å². The average Bonchev–Trinajstić information content (AvgIpc) is 2.26. The highest BCUT2D eigenvalue weighted by Gasteiger charge is 2.09. The Morgan fingerprint density at radius 3 is 2.69 bits per heavy atom. The maximum atomic E-state index is 5.80. The van der Waals surface area contributed by atoms with Crippen LogP contribution in [0.15, 0.2) is 30.8 Å². The first kappa shape index (κ1) is 13.8. The van der Waals surface area contributed by atoms with Gasteiger partial charge in [0.15, 0.2) is 0 Å². The molecule has 1 rings (SSSR count). The summed E-state index contributed by atoms with van der Waals surface area (Å²) in [6.45, 7) is 8.24. The van der Waals surface area contributed by atoms with Crippen molar-refractivity contribution < 1.29 is 0 Å². The third-order valence-electron chi connectivity index (χ3n) is 2.77. The first-order valence-corrected chi connectivity index (χ1v) is 8.23. The molecule has 1 aromatic carbocycles. The van der Waals surface area contributed by atoms with E-state index in [0.29, 0.717) is 5.92 Å². The van der Waals surface area contributed by atoms with E-state index in [4.69, 9.17) is 23.2 Å². The quantitative estimate of drug-likeness (QED) is 0.558. The van der Waals surface area contributed by atoms with Crippen molar-refractivity contribution in [3.63, 3.8) is 0 Å². The molecule has 0 nitrogen and oxygen atoms in total. The standard InChI is InChI=1S/C13H18Cl2Si/c1-9(2)11-5-4-6-12(7-11)10(3)8-16-13(14)15/h4-7,10,13H,1,8,16H2,2-3H3. The number of hydrogen-bond acceptors (Lipinski definition) is 0. The van der Waals surface area contributed by atoms with Gasteiger partial charge in [0.25, 0.3) is 0 Å². The van der Waals surface area contributed by atoms with Crippen LogP contribution < -0.4 is 0 Å². The highest BCUT2D eigenvalue weighted by Crippen LogP contribution is 2.23. The normalized spacial score (nSPS) is 13.6. The van der Waals surface area contributed by atoms with E-state index in [-0.39, 0.29) is 14.0 Å². The molecule has 0 N–H and O–H groups in total. The first-order chi connectivity index (χ1) is 7.50. The molecule has 0 aliphatic carbocycles. The maximum Gasteiger partial charge on any atom is 0.0908 e. The minimum atomic E-state index is -0.368. The zero-order valence-corrected chi connectivity index (χ0v) is 12.8. The van der Waals surface area contributed by atoms with E-state index in [1.807, 2.05) is 6.92 Å². The minimum absolute atomic E-state index is 0.119. The Labute approximate surface area is 110 Å². The van der Waals surface area contributed by atoms with Gasteiger partial charge in [0.2, 0.25) is 0 Å². The van der Waals surface area contributed by atoms with Gasteiger partial charge in [0.1, 0.15) is 0 Å². The summed E-state index contributed by atoms with van der Waals surface area (Å²) in [7, 11) is -0.368. The summed E-state index contributed by atoms with van der Waals surface area (Å²) in [5.41, 5.74) is 3.69. The molecule has 0 bridgehead atoms. The first-order valence-electron chi connectivity index (χ1n) is 5.54. The second-order valence-corrected chi connectivity index (χ2v) is 8.56. The Kier molecular flexibility index (Phi) is 5.60. The Morgan fingerprint density at radius 1 is 1.44 bits per heavy atom. The molecular weight excluding hydrogens is 255 g/mol. The largest absolute Gasteiger partial charge is 0.110 e. The van der Waals surface area contributed by atoms with Crippen LogP contribution in [0.4, 0.5) is 0 Å². The molecule has 16 heavy (non-hydrogen) atoms. The number of rotatable bonds is 5. The van der Waals surface area contributed by atoms with Crippen molar-refractivity contribution in [2.75, 3.05) is 0 Å². The van der Waals surface area contributed by atoms with Crippen molar-refractivity contribution in [3.05, 3.63) is 42.0 Å². The van der Waals surface area contributed by atoms with E-state index in [1.54, 1.807) is 0 Å². The van der Waals surface area contributed by atoms with E-state index in [2.05, 4.69) is 37.8 Å². The summed E-state index contributed by atoms with van der Waals surface area (Å²) >= 11 is 11.6. The van der Waals surface area contributed by atoms with Crippen LogP contribution >= 0.6 is 23.2 Å². The fourth-order valence-electron chi connectivity index (χ4n) is 1.65. The van der Waals surface area contributed by atoms with Gasteiger partial charge in [-0.25, -0.2) is 0 Å². The molecule has 0 aliphatic heterocycles. The number of allylic oxidation sites excluding steroid dienone is 1. The zero-order valence-electron chi connectivity index (χ0n) is 9.84. The van der Waals surface area contributed by atoms with Crippen LogP contribution in [-0.2, 0) is 0 Å². The monoisotopic (exact) mass is 272 g/mol. The summed E-state index contributed by atoms with van der Waals surface area (Å²) in [5, 5.41) is 0. The second-order valence-electron chi connectivity index (χ2n) is 4.28. The molecular formula is C13H18Cl2Si. The minimum Gasteiger partial charge on any atom is -0.110 e. The number of halogens is 2. The smallest absolute Gasteiger partial charge is 0.0908 e. The SMILES string of the molecule is C=C(C)c1cccc(C(C)C[SiH2]C(Cl)Cl)c1. The second kappa shape index (κ2) is 6.48. The molecule has 0 heterocycles. The lowest BCUT2D eigenvalue weighted by atomic mass is 9.98. The van der Waals surface area contributed by atoms with Gasteiger partial charge in [0, 0.05) is 0 Å². The van der Waals surface area contributed by atoms with Gasteiger partial charge in [-0.05, 0) is 24.0 Å². The Balaban J connectivity index is 2.71. The summed E-state index contributed by atoms with van der Waals surface area (Å²) in [6.07, 6.45) is 0. The van der Waals surface area contributed by atoms with Crippen LogP contribution in [-0.4, -0.2) is 14.0 Å². The molecule has 0 aromatic heterocycles. The zero-order chi connectivity index (χ0) is 12.1. The number of alkyl halides is 2. The van der Waals surface area contributed by atoms with Crippen molar-refractivity contribution in [1.82, 2.24) is 0 Å². The van der Waals surface area contributed by atoms with Crippen LogP contribution in [0.1, 0.15) is 30.9 Å². The van der Waals surface area contributed by atoms with E-state index in [1.165, 1.54) is 11.1 Å². The van der Waals surface area contributed by atoms with Gasteiger partial charge in [-0.1, -0.05) is 49.4 Å². The van der Waals surface area contributed by atoms with Gasteiger partial charge in [-0.3, -0.25) is 0 Å². The van der Waals surface area contributed by atoms with Crippen LogP contribution in [0.5, 0.6) is 0 Å². The van der Waals surface area contributed by atoms with E-state index < -0.39 is 0 Å². The van der Waals surface area contributed by atoms with Crippen LogP contribution in [0.3, 0.4) is 0 Å². The molecule has 1 unspecified atom stereocenters. The third kappa shape index (κ3) is 4.32. The molecule has 0 fully saturated rings. The van der Waals surface area contributed by atoms with Crippen molar-refractivity contribution in [2.45, 2.75) is 30.3 Å². The van der Waals surface area contributed by atoms with E-state index in [9.17, 15) is 0 Å². The summed E-state index contributed by atoms with van der Waals surface area (Å²) < 4.78 is -0.119. The van der Waals surface area contributed by atoms with Crippen molar-refractivity contribution in [2.24, 2.45) is 0 Å². The van der Waals surface area contributed by atoms with Gasteiger partial charge >= 0.3 is 0 Å². The molecule has 1 atom stereocenters. The Bertz CT molecular complexity index is 361. The van der Waals surface area contributed by atoms with Gasteiger partial charge < -0.3 is 0 Å². The van der Waals surface area contributed by atoms with Crippen molar-refractivity contribution in [3.8, 4) is 0 Å². The molecule has 88 valence electrons. The third-order valence-corrected chi connectivity index (χ3v) is 5.71. The van der Waals surface area contributed by atoms with Gasteiger partial charge in [0.05, 0.1) is 14.0 Å². The Morgan fingerprint density at radius 2 is 2.12 bits per heavy atom. The number of hydrogen-bond donors (Lipinski definition) is 0. The molecule has 0 amide bonds. The topological polar surface area (TPSA) is 0 Å². The van der Waals surface area contributed by atoms with Crippen LogP contribution in [0.2, 0.25) is 6.04 Å². The highest BCUT2D eigenvalue weighted by molar-refractivity contribution is 6.68. The molecule has 3 heteroatoms. The fraction of sp³-hybridized carbons (Fsp3) is 0.385. The molecule has 0 saturated heterocycles. The van der Waals surface area contributed by atoms with E-state index >= 15 is 0 Å². The lowest BCUT2D eigenvalue weighted by Crippen LogP contribution is -2.05. The predicted molar refractivity (Wildman–Crippen MR) is 78.4 cm³/mol. The van der Waals surface area contributed by atoms with Gasteiger partial charge in [-0.2, -0.15) is 0 Å². The molecule has 0 saturated carbocycles. The molecule has 0 spiro atoms. The lowest BCUT2D eigenvalue weighted by Gasteiger charge is -2.13. The highest BCUT2D eigenvalue weighted by atomic mass is 35.5. The molecule has 1 aromatic rings. The lowest BCUT2D eigenvalue weighted by molar-refractivity contribution is 0.857. The van der Waals surface area contributed by atoms with Crippen molar-refractivity contribution >= 4 is 38.3 Å². The summed E-state index contributed by atoms with van der Waals surface area (Å²) in [4.78, 5) is 0. The molecule has 0 radical (unpaired) electrons. The van der Waals surface area contributed by atoms with E-state index in [0.717, 1.165) is 11.6 Å². The number of benzene rings is 1. The average molecular weight is 273 g/mol. The Hall–Kier alpha value is -0.243. The van der Waals surface area contributed by atoms with Crippen LogP contribution in [0, 0.1) is 0 Å². The maximum absolute atomic E-state index is 5.80.